The first-order chi connectivity index (χ1) is 9.51. The first kappa shape index (κ1) is 17.5. The Balaban J connectivity index is 2.55. The molecule has 0 bridgehead atoms. The Morgan fingerprint density at radius 1 is 1.29 bits per heavy atom. The summed E-state index contributed by atoms with van der Waals surface area (Å²) in [4.78, 5) is 24.9. The van der Waals surface area contributed by atoms with Gasteiger partial charge in [0.05, 0.1) is 5.41 Å². The molecule has 0 atom stereocenters. The molecule has 21 heavy (non-hydrogen) atoms. The van der Waals surface area contributed by atoms with Gasteiger partial charge in [0, 0.05) is 13.1 Å². The number of carboxylic acid groups (broad SMARTS) is 1. The normalized spacial score (nSPS) is 16.4. The average Bonchev–Trinajstić information content (AvgIpc) is 2.34. The molecule has 1 aliphatic heterocycles. The predicted molar refractivity (Wildman–Crippen MR) is 81.2 cm³/mol. The van der Waals surface area contributed by atoms with Gasteiger partial charge in [-0.1, -0.05) is 11.6 Å². The van der Waals surface area contributed by atoms with Crippen molar-refractivity contribution < 1.29 is 19.4 Å². The monoisotopic (exact) mass is 297 g/mol. The fourth-order valence-electron chi connectivity index (χ4n) is 2.06. The third kappa shape index (κ3) is 5.78. The number of nitrogens with zero attached hydrogens (tertiary/aromatic N) is 1. The average molecular weight is 297 g/mol. The van der Waals surface area contributed by atoms with E-state index in [1.165, 1.54) is 0 Å². The van der Waals surface area contributed by atoms with Gasteiger partial charge in [-0.25, -0.2) is 4.79 Å². The van der Waals surface area contributed by atoms with Crippen LogP contribution in [0, 0.1) is 5.41 Å². The minimum Gasteiger partial charge on any atom is -0.481 e. The molecule has 0 spiro atoms. The molecule has 1 rings (SSSR count). The van der Waals surface area contributed by atoms with Crippen molar-refractivity contribution in [3.05, 3.63) is 11.6 Å². The lowest BCUT2D eigenvalue weighted by atomic mass is 9.86. The predicted octanol–water partition coefficient (Wildman–Crippen LogP) is 3.44. The van der Waals surface area contributed by atoms with Gasteiger partial charge < -0.3 is 14.7 Å². The van der Waals surface area contributed by atoms with Crippen LogP contribution in [0.3, 0.4) is 0 Å². The third-order valence-electron chi connectivity index (χ3n) is 3.53. The molecule has 0 unspecified atom stereocenters. The Kier molecular flexibility index (Phi) is 5.42. The minimum absolute atomic E-state index is 0.300. The highest BCUT2D eigenvalue weighted by Gasteiger charge is 2.28. The van der Waals surface area contributed by atoms with Crippen LogP contribution >= 0.6 is 0 Å². The van der Waals surface area contributed by atoms with Gasteiger partial charge >= 0.3 is 12.1 Å². The van der Waals surface area contributed by atoms with Crippen LogP contribution in [0.2, 0.25) is 0 Å². The molecule has 5 nitrogen and oxygen atoms in total. The molecule has 0 aromatic heterocycles. The summed E-state index contributed by atoms with van der Waals surface area (Å²) in [6.07, 6.45) is 3.86. The molecule has 0 aromatic rings. The number of hydrogen-bond acceptors (Lipinski definition) is 3. The summed E-state index contributed by atoms with van der Waals surface area (Å²) in [6.45, 7) is 10.2. The first-order valence-electron chi connectivity index (χ1n) is 7.40. The molecule has 5 heteroatoms. The second-order valence-electron chi connectivity index (χ2n) is 7.24. The zero-order valence-electron chi connectivity index (χ0n) is 13.7. The second-order valence-corrected chi connectivity index (χ2v) is 7.24. The van der Waals surface area contributed by atoms with E-state index in [1.54, 1.807) is 18.7 Å². The van der Waals surface area contributed by atoms with E-state index in [2.05, 4.69) is 6.08 Å². The Labute approximate surface area is 127 Å². The summed E-state index contributed by atoms with van der Waals surface area (Å²) >= 11 is 0. The van der Waals surface area contributed by atoms with Crippen LogP contribution < -0.4 is 0 Å². The molecule has 0 aromatic carbocycles. The van der Waals surface area contributed by atoms with Crippen molar-refractivity contribution in [2.45, 2.75) is 59.5 Å². The summed E-state index contributed by atoms with van der Waals surface area (Å²) in [6, 6.07) is 0. The molecule has 0 fully saturated rings. The quantitative estimate of drug-likeness (QED) is 0.807. The number of rotatable bonds is 4. The topological polar surface area (TPSA) is 66.8 Å². The standard InChI is InChI=1S/C16H27NO4/c1-15(2,3)21-14(20)17-10-6-7-12(11-17)8-9-16(4,5)13(18)19/h7H,6,8-11H2,1-5H3,(H,18,19). The Morgan fingerprint density at radius 2 is 1.90 bits per heavy atom. The zero-order chi connectivity index (χ0) is 16.3. The van der Waals surface area contributed by atoms with E-state index in [1.807, 2.05) is 20.8 Å². The molecule has 1 heterocycles. The van der Waals surface area contributed by atoms with Crippen molar-refractivity contribution >= 4 is 12.1 Å². The van der Waals surface area contributed by atoms with Crippen LogP contribution in [0.25, 0.3) is 0 Å². The van der Waals surface area contributed by atoms with E-state index in [0.717, 1.165) is 12.0 Å². The van der Waals surface area contributed by atoms with Crippen molar-refractivity contribution in [2.75, 3.05) is 13.1 Å². The summed E-state index contributed by atoms with van der Waals surface area (Å²) in [5.41, 5.74) is -0.125. The van der Waals surface area contributed by atoms with Crippen LogP contribution in [0.15, 0.2) is 11.6 Å². The molecule has 120 valence electrons. The van der Waals surface area contributed by atoms with Crippen LogP contribution in [0.4, 0.5) is 4.79 Å². The van der Waals surface area contributed by atoms with E-state index in [-0.39, 0.29) is 6.09 Å². The van der Waals surface area contributed by atoms with Crippen molar-refractivity contribution in [1.82, 2.24) is 4.90 Å². The highest BCUT2D eigenvalue weighted by atomic mass is 16.6. The summed E-state index contributed by atoms with van der Waals surface area (Å²) in [5, 5.41) is 9.13. The van der Waals surface area contributed by atoms with Crippen LogP contribution in [-0.4, -0.2) is 40.8 Å². The number of carboxylic acids is 1. The summed E-state index contributed by atoms with van der Waals surface area (Å²) < 4.78 is 5.37. The molecule has 1 N–H and O–H groups in total. The smallest absolute Gasteiger partial charge is 0.410 e. The Bertz CT molecular complexity index is 432. The highest BCUT2D eigenvalue weighted by Crippen LogP contribution is 2.27. The lowest BCUT2D eigenvalue weighted by Gasteiger charge is -2.31. The van der Waals surface area contributed by atoms with Gasteiger partial charge in [0.15, 0.2) is 0 Å². The van der Waals surface area contributed by atoms with Gasteiger partial charge in [0.25, 0.3) is 0 Å². The highest BCUT2D eigenvalue weighted by molar-refractivity contribution is 5.73. The van der Waals surface area contributed by atoms with Crippen molar-refractivity contribution in [3.63, 3.8) is 0 Å². The summed E-state index contributed by atoms with van der Waals surface area (Å²) in [7, 11) is 0. The van der Waals surface area contributed by atoms with Gasteiger partial charge in [-0.15, -0.1) is 0 Å². The molecule has 0 aliphatic carbocycles. The summed E-state index contributed by atoms with van der Waals surface area (Å²) in [5.74, 6) is -0.789. The molecule has 0 radical (unpaired) electrons. The van der Waals surface area contributed by atoms with Crippen molar-refractivity contribution in [3.8, 4) is 0 Å². The largest absolute Gasteiger partial charge is 0.481 e. The van der Waals surface area contributed by atoms with Crippen molar-refractivity contribution in [1.29, 1.82) is 0 Å². The van der Waals surface area contributed by atoms with E-state index in [4.69, 9.17) is 9.84 Å². The molecular formula is C16H27NO4. The fraction of sp³-hybridized carbons (Fsp3) is 0.750. The van der Waals surface area contributed by atoms with Gasteiger partial charge in [0.1, 0.15) is 5.60 Å². The molecule has 0 saturated heterocycles. The minimum atomic E-state index is -0.789. The van der Waals surface area contributed by atoms with E-state index >= 15 is 0 Å². The maximum absolute atomic E-state index is 12.1. The zero-order valence-corrected chi connectivity index (χ0v) is 13.7. The number of carbonyl (C=O) groups excluding carboxylic acids is 1. The molecule has 1 aliphatic rings. The SMILES string of the molecule is CC(C)(C)OC(=O)N1CCC=C(CCC(C)(C)C(=O)O)C1. The number of aliphatic carboxylic acids is 1. The second kappa shape index (κ2) is 6.50. The van der Waals surface area contributed by atoms with E-state index in [0.29, 0.717) is 25.9 Å². The van der Waals surface area contributed by atoms with Gasteiger partial charge in [-0.2, -0.15) is 0 Å². The lowest BCUT2D eigenvalue weighted by Crippen LogP contribution is -2.40. The molecule has 0 saturated carbocycles. The maximum Gasteiger partial charge on any atom is 0.410 e. The van der Waals surface area contributed by atoms with Gasteiger partial charge in [-0.3, -0.25) is 4.79 Å². The van der Waals surface area contributed by atoms with Crippen molar-refractivity contribution in [2.24, 2.45) is 5.41 Å². The molecular weight excluding hydrogens is 270 g/mol. The number of hydrogen-bond donors (Lipinski definition) is 1. The fourth-order valence-corrected chi connectivity index (χ4v) is 2.06. The Morgan fingerprint density at radius 3 is 2.43 bits per heavy atom. The lowest BCUT2D eigenvalue weighted by molar-refractivity contribution is -0.147. The maximum atomic E-state index is 12.1. The number of carbonyl (C=O) groups is 2. The van der Waals surface area contributed by atoms with Crippen LogP contribution in [-0.2, 0) is 9.53 Å². The number of amides is 1. The van der Waals surface area contributed by atoms with Gasteiger partial charge in [-0.05, 0) is 53.9 Å². The van der Waals surface area contributed by atoms with E-state index < -0.39 is 17.0 Å². The van der Waals surface area contributed by atoms with E-state index in [9.17, 15) is 9.59 Å². The van der Waals surface area contributed by atoms with Crippen LogP contribution in [0.1, 0.15) is 53.9 Å². The third-order valence-corrected chi connectivity index (χ3v) is 3.53. The molecule has 1 amide bonds. The van der Waals surface area contributed by atoms with Crippen LogP contribution in [0.5, 0.6) is 0 Å². The van der Waals surface area contributed by atoms with Gasteiger partial charge in [0.2, 0.25) is 0 Å². The number of ether oxygens (including phenoxy) is 1. The first-order valence-corrected chi connectivity index (χ1v) is 7.40. The Hall–Kier alpha value is -1.52.